The molecule has 1 aliphatic heterocycles. The van der Waals surface area contributed by atoms with E-state index in [-0.39, 0.29) is 23.8 Å². The Hall–Kier alpha value is -1.86. The number of piperidine rings is 1. The third-order valence-electron chi connectivity index (χ3n) is 3.51. The van der Waals surface area contributed by atoms with Crippen LogP contribution in [-0.2, 0) is 11.0 Å². The predicted octanol–water partition coefficient (Wildman–Crippen LogP) is 2.24. The fourth-order valence-electron chi connectivity index (χ4n) is 2.40. The molecule has 0 aliphatic carbocycles. The second-order valence-electron chi connectivity index (χ2n) is 5.66. The summed E-state index contributed by atoms with van der Waals surface area (Å²) >= 11 is 0. The number of aromatic nitrogens is 2. The van der Waals surface area contributed by atoms with E-state index in [9.17, 15) is 18.0 Å². The van der Waals surface area contributed by atoms with Gasteiger partial charge in [-0.05, 0) is 32.8 Å². The maximum Gasteiger partial charge on any atom is 0.433 e. The minimum atomic E-state index is -4.48. The van der Waals surface area contributed by atoms with Gasteiger partial charge in [0.05, 0.1) is 0 Å². The Balaban J connectivity index is 1.99. The molecule has 0 unspecified atom stereocenters. The molecular formula is C14H19F3N4O. The Kier molecular flexibility index (Phi) is 4.87. The fraction of sp³-hybridized carbons (Fsp3) is 0.643. The van der Waals surface area contributed by atoms with E-state index in [1.165, 1.54) is 0 Å². The number of amides is 1. The third-order valence-corrected chi connectivity index (χ3v) is 3.51. The molecule has 2 rings (SSSR count). The van der Waals surface area contributed by atoms with E-state index in [4.69, 9.17) is 0 Å². The molecule has 1 aliphatic rings. The smallest absolute Gasteiger partial charge is 0.354 e. The van der Waals surface area contributed by atoms with Crippen molar-refractivity contribution in [1.82, 2.24) is 15.3 Å². The van der Waals surface area contributed by atoms with E-state index in [1.807, 2.05) is 13.8 Å². The lowest BCUT2D eigenvalue weighted by molar-refractivity contribution is -0.141. The van der Waals surface area contributed by atoms with Gasteiger partial charge in [0.2, 0.25) is 11.9 Å². The minimum Gasteiger partial charge on any atom is -0.354 e. The maximum atomic E-state index is 12.7. The molecule has 5 nitrogen and oxygen atoms in total. The molecule has 22 heavy (non-hydrogen) atoms. The average Bonchev–Trinajstić information content (AvgIpc) is 2.46. The lowest BCUT2D eigenvalue weighted by Gasteiger charge is -2.31. The van der Waals surface area contributed by atoms with E-state index >= 15 is 0 Å². The fourth-order valence-corrected chi connectivity index (χ4v) is 2.40. The third kappa shape index (κ3) is 4.08. The number of carbonyl (C=O) groups is 1. The summed E-state index contributed by atoms with van der Waals surface area (Å²) in [4.78, 5) is 21.1. The monoisotopic (exact) mass is 316 g/mol. The number of hydrogen-bond acceptors (Lipinski definition) is 4. The van der Waals surface area contributed by atoms with Crippen LogP contribution in [0.25, 0.3) is 0 Å². The van der Waals surface area contributed by atoms with E-state index in [2.05, 4.69) is 15.3 Å². The number of carbonyl (C=O) groups excluding carboxylic acids is 1. The van der Waals surface area contributed by atoms with Gasteiger partial charge < -0.3 is 10.2 Å². The lowest BCUT2D eigenvalue weighted by Crippen LogP contribution is -2.43. The van der Waals surface area contributed by atoms with E-state index in [1.54, 1.807) is 4.90 Å². The molecule has 1 aromatic heterocycles. The first kappa shape index (κ1) is 16.5. The van der Waals surface area contributed by atoms with Gasteiger partial charge in [-0.1, -0.05) is 0 Å². The summed E-state index contributed by atoms with van der Waals surface area (Å²) in [6.45, 7) is 4.72. The van der Waals surface area contributed by atoms with Crippen LogP contribution in [0.15, 0.2) is 12.3 Å². The normalized spacial score (nSPS) is 16.9. The van der Waals surface area contributed by atoms with Crippen molar-refractivity contribution in [3.63, 3.8) is 0 Å². The van der Waals surface area contributed by atoms with E-state index in [0.29, 0.717) is 25.9 Å². The molecule has 0 radical (unpaired) electrons. The Morgan fingerprint density at radius 3 is 2.55 bits per heavy atom. The summed E-state index contributed by atoms with van der Waals surface area (Å²) in [7, 11) is 0. The second-order valence-corrected chi connectivity index (χ2v) is 5.66. The summed E-state index contributed by atoms with van der Waals surface area (Å²) < 4.78 is 38.0. The Bertz CT molecular complexity index is 525. The maximum absolute atomic E-state index is 12.7. The zero-order chi connectivity index (χ0) is 16.3. The highest BCUT2D eigenvalue weighted by molar-refractivity contribution is 5.79. The van der Waals surface area contributed by atoms with E-state index < -0.39 is 11.9 Å². The lowest BCUT2D eigenvalue weighted by atomic mass is 9.96. The van der Waals surface area contributed by atoms with Crippen LogP contribution in [0, 0.1) is 5.92 Å². The first-order valence-corrected chi connectivity index (χ1v) is 7.23. The van der Waals surface area contributed by atoms with Gasteiger partial charge in [0.25, 0.3) is 0 Å². The molecule has 1 saturated heterocycles. The number of alkyl halides is 3. The highest BCUT2D eigenvalue weighted by Crippen LogP contribution is 2.29. The van der Waals surface area contributed by atoms with Crippen LogP contribution in [0.2, 0.25) is 0 Å². The molecular weight excluding hydrogens is 297 g/mol. The Labute approximate surface area is 126 Å². The number of halogens is 3. The van der Waals surface area contributed by atoms with Crippen molar-refractivity contribution in [3.8, 4) is 0 Å². The van der Waals surface area contributed by atoms with Crippen molar-refractivity contribution in [2.45, 2.75) is 38.9 Å². The van der Waals surface area contributed by atoms with Gasteiger partial charge in [0.1, 0.15) is 5.69 Å². The minimum absolute atomic E-state index is 0.000361. The number of anilines is 1. The van der Waals surface area contributed by atoms with Crippen molar-refractivity contribution < 1.29 is 18.0 Å². The van der Waals surface area contributed by atoms with Crippen LogP contribution >= 0.6 is 0 Å². The molecule has 0 bridgehead atoms. The molecule has 1 fully saturated rings. The Morgan fingerprint density at radius 1 is 1.36 bits per heavy atom. The van der Waals surface area contributed by atoms with Crippen LogP contribution in [0.4, 0.5) is 19.1 Å². The second kappa shape index (κ2) is 6.50. The topological polar surface area (TPSA) is 58.1 Å². The molecule has 1 N–H and O–H groups in total. The van der Waals surface area contributed by atoms with Gasteiger partial charge in [0.15, 0.2) is 0 Å². The molecule has 8 heteroatoms. The molecule has 1 aromatic rings. The highest BCUT2D eigenvalue weighted by atomic mass is 19.4. The van der Waals surface area contributed by atoms with Gasteiger partial charge in [0, 0.05) is 31.2 Å². The van der Waals surface area contributed by atoms with Crippen LogP contribution < -0.4 is 10.2 Å². The molecule has 0 saturated carbocycles. The molecule has 122 valence electrons. The van der Waals surface area contributed by atoms with E-state index in [0.717, 1.165) is 12.3 Å². The van der Waals surface area contributed by atoms with Crippen molar-refractivity contribution in [2.75, 3.05) is 18.0 Å². The quantitative estimate of drug-likeness (QED) is 0.929. The molecule has 0 aromatic carbocycles. The Morgan fingerprint density at radius 2 is 2.00 bits per heavy atom. The summed E-state index contributed by atoms with van der Waals surface area (Å²) in [5, 5.41) is 2.86. The zero-order valence-electron chi connectivity index (χ0n) is 12.5. The molecule has 0 spiro atoms. The van der Waals surface area contributed by atoms with Crippen LogP contribution in [-0.4, -0.2) is 35.0 Å². The zero-order valence-corrected chi connectivity index (χ0v) is 12.5. The number of nitrogens with zero attached hydrogens (tertiary/aromatic N) is 3. The van der Waals surface area contributed by atoms with Gasteiger partial charge in [-0.15, -0.1) is 0 Å². The van der Waals surface area contributed by atoms with Gasteiger partial charge >= 0.3 is 6.18 Å². The van der Waals surface area contributed by atoms with Crippen LogP contribution in [0.3, 0.4) is 0 Å². The van der Waals surface area contributed by atoms with Crippen molar-refractivity contribution in [3.05, 3.63) is 18.0 Å². The first-order valence-electron chi connectivity index (χ1n) is 7.23. The van der Waals surface area contributed by atoms with Gasteiger partial charge in [-0.25, -0.2) is 9.97 Å². The average molecular weight is 316 g/mol. The summed E-state index contributed by atoms with van der Waals surface area (Å²) in [6.07, 6.45) is -2.20. The summed E-state index contributed by atoms with van der Waals surface area (Å²) in [5.41, 5.74) is -0.947. The standard InChI is InChI=1S/C14H19F3N4O/c1-9(2)19-12(22)10-4-7-21(8-5-10)13-18-6-3-11(20-13)14(15,16)17/h3,6,9-10H,4-5,7-8H2,1-2H3,(H,19,22). The summed E-state index contributed by atoms with van der Waals surface area (Å²) in [6, 6.07) is 0.934. The van der Waals surface area contributed by atoms with Crippen molar-refractivity contribution in [2.24, 2.45) is 5.92 Å². The number of nitrogens with one attached hydrogen (secondary N) is 1. The number of hydrogen-bond donors (Lipinski definition) is 1. The van der Waals surface area contributed by atoms with Crippen LogP contribution in [0.5, 0.6) is 0 Å². The molecule has 0 atom stereocenters. The molecule has 2 heterocycles. The van der Waals surface area contributed by atoms with Gasteiger partial charge in [-0.3, -0.25) is 4.79 Å². The summed E-state index contributed by atoms with van der Waals surface area (Å²) in [5.74, 6) is -0.0402. The first-order chi connectivity index (χ1) is 10.3. The molecule has 1 amide bonds. The van der Waals surface area contributed by atoms with Crippen LogP contribution in [0.1, 0.15) is 32.4 Å². The highest BCUT2D eigenvalue weighted by Gasteiger charge is 2.34. The van der Waals surface area contributed by atoms with Crippen molar-refractivity contribution in [1.29, 1.82) is 0 Å². The SMILES string of the molecule is CC(C)NC(=O)C1CCN(c2nccc(C(F)(F)F)n2)CC1. The predicted molar refractivity (Wildman–Crippen MR) is 75.2 cm³/mol. The largest absolute Gasteiger partial charge is 0.433 e. The van der Waals surface area contributed by atoms with Gasteiger partial charge in [-0.2, -0.15) is 13.2 Å². The number of rotatable bonds is 3. The van der Waals surface area contributed by atoms with Crippen molar-refractivity contribution >= 4 is 11.9 Å².